The highest BCUT2D eigenvalue weighted by molar-refractivity contribution is 5.92. The zero-order valence-electron chi connectivity index (χ0n) is 17.1. The Morgan fingerprint density at radius 3 is 2.86 bits per heavy atom. The molecular formula is C23H29N3O3. The molecule has 29 heavy (non-hydrogen) atoms. The fourth-order valence-corrected chi connectivity index (χ4v) is 4.93. The van der Waals surface area contributed by atoms with Gasteiger partial charge in [-0.1, -0.05) is 19.9 Å². The predicted octanol–water partition coefficient (Wildman–Crippen LogP) is 2.97. The first-order chi connectivity index (χ1) is 14.0. The van der Waals surface area contributed by atoms with E-state index in [4.69, 9.17) is 0 Å². The molecule has 0 aromatic carbocycles. The summed E-state index contributed by atoms with van der Waals surface area (Å²) in [5.41, 5.74) is 2.19. The number of amides is 1. The van der Waals surface area contributed by atoms with Crippen LogP contribution in [0.15, 0.2) is 41.3 Å². The van der Waals surface area contributed by atoms with Gasteiger partial charge in [0.1, 0.15) is 5.69 Å². The third kappa shape index (κ3) is 3.86. The number of carbonyl (C=O) groups excluding carboxylic acids is 1. The van der Waals surface area contributed by atoms with Crippen molar-refractivity contribution in [3.05, 3.63) is 63.8 Å². The molecule has 2 aromatic heterocycles. The number of pyridine rings is 2. The number of fused-ring (bicyclic) bond motifs is 4. The zero-order valence-corrected chi connectivity index (χ0v) is 17.1. The third-order valence-corrected chi connectivity index (χ3v) is 6.35. The highest BCUT2D eigenvalue weighted by Gasteiger charge is 2.41. The summed E-state index contributed by atoms with van der Waals surface area (Å²) in [4.78, 5) is 32.0. The molecule has 4 heterocycles. The van der Waals surface area contributed by atoms with E-state index >= 15 is 0 Å². The van der Waals surface area contributed by atoms with Gasteiger partial charge in [-0.05, 0) is 54.9 Å². The van der Waals surface area contributed by atoms with Crippen LogP contribution in [0.2, 0.25) is 0 Å². The van der Waals surface area contributed by atoms with Crippen molar-refractivity contribution in [2.45, 2.75) is 51.7 Å². The monoisotopic (exact) mass is 395 g/mol. The minimum Gasteiger partial charge on any atom is -0.392 e. The summed E-state index contributed by atoms with van der Waals surface area (Å²) in [6.07, 6.45) is 4.59. The number of likely N-dealkylation sites (tertiary alicyclic amines) is 1. The molecule has 3 atom stereocenters. The van der Waals surface area contributed by atoms with E-state index in [1.54, 1.807) is 24.4 Å². The standard InChI is InChI=1S/C23H29N3O3/c1-15(2)6-7-21-18-11-17(20-4-3-5-22(28)26(20)21)12-25(13-18)23(29)19-10-16(14-27)8-9-24-19/h3-5,8-10,15,17-18,21,27H,6-7,11-14H2,1-2H3/t17-,18+,21+/m1/s1. The molecule has 1 saturated heterocycles. The van der Waals surface area contributed by atoms with E-state index in [0.717, 1.165) is 25.0 Å². The van der Waals surface area contributed by atoms with Crippen LogP contribution in [0.3, 0.4) is 0 Å². The molecule has 0 unspecified atom stereocenters. The van der Waals surface area contributed by atoms with Crippen molar-refractivity contribution in [3.8, 4) is 0 Å². The lowest BCUT2D eigenvalue weighted by Crippen LogP contribution is -2.51. The summed E-state index contributed by atoms with van der Waals surface area (Å²) in [5.74, 6) is 0.916. The molecule has 0 aliphatic carbocycles. The van der Waals surface area contributed by atoms with E-state index in [1.807, 2.05) is 21.6 Å². The fraction of sp³-hybridized carbons (Fsp3) is 0.522. The molecule has 1 N–H and O–H groups in total. The van der Waals surface area contributed by atoms with Gasteiger partial charge >= 0.3 is 0 Å². The Morgan fingerprint density at radius 2 is 2.10 bits per heavy atom. The first kappa shape index (κ1) is 19.8. The molecule has 2 aliphatic heterocycles. The fourth-order valence-electron chi connectivity index (χ4n) is 4.93. The predicted molar refractivity (Wildman–Crippen MR) is 111 cm³/mol. The van der Waals surface area contributed by atoms with Gasteiger partial charge < -0.3 is 14.6 Å². The van der Waals surface area contributed by atoms with Crippen LogP contribution in [0.25, 0.3) is 0 Å². The maximum Gasteiger partial charge on any atom is 0.272 e. The SMILES string of the molecule is CC(C)CC[C@H]1[C@H]2C[C@H](CN(C(=O)c3cc(CO)ccn3)C2)c2cccc(=O)n21. The lowest BCUT2D eigenvalue weighted by Gasteiger charge is -2.47. The Balaban J connectivity index is 1.65. The molecule has 0 saturated carbocycles. The van der Waals surface area contributed by atoms with Gasteiger partial charge in [-0.25, -0.2) is 0 Å². The first-order valence-corrected chi connectivity index (χ1v) is 10.5. The molecule has 2 bridgehead atoms. The maximum atomic E-state index is 13.2. The van der Waals surface area contributed by atoms with Crippen molar-refractivity contribution in [1.29, 1.82) is 0 Å². The van der Waals surface area contributed by atoms with Crippen LogP contribution >= 0.6 is 0 Å². The second-order valence-corrected chi connectivity index (χ2v) is 8.81. The number of aliphatic hydroxyl groups excluding tert-OH is 1. The topological polar surface area (TPSA) is 75.4 Å². The number of aliphatic hydroxyl groups is 1. The second-order valence-electron chi connectivity index (χ2n) is 8.81. The summed E-state index contributed by atoms with van der Waals surface area (Å²) in [7, 11) is 0. The van der Waals surface area contributed by atoms with Gasteiger partial charge in [-0.15, -0.1) is 0 Å². The summed E-state index contributed by atoms with van der Waals surface area (Å²) in [6.45, 7) is 5.54. The van der Waals surface area contributed by atoms with Gasteiger partial charge in [-0.2, -0.15) is 0 Å². The Labute approximate surface area is 171 Å². The highest BCUT2D eigenvalue weighted by atomic mass is 16.3. The average Bonchev–Trinajstić information content (AvgIpc) is 2.73. The van der Waals surface area contributed by atoms with Gasteiger partial charge in [-0.3, -0.25) is 14.6 Å². The summed E-state index contributed by atoms with van der Waals surface area (Å²) in [5, 5.41) is 9.37. The lowest BCUT2D eigenvalue weighted by atomic mass is 9.76. The number of hydrogen-bond acceptors (Lipinski definition) is 4. The smallest absolute Gasteiger partial charge is 0.272 e. The first-order valence-electron chi connectivity index (χ1n) is 10.5. The quantitative estimate of drug-likeness (QED) is 0.845. The number of nitrogens with zero attached hydrogens (tertiary/aromatic N) is 3. The van der Waals surface area contributed by atoms with Crippen LogP contribution in [0.4, 0.5) is 0 Å². The third-order valence-electron chi connectivity index (χ3n) is 6.35. The number of carbonyl (C=O) groups is 1. The molecule has 1 amide bonds. The van der Waals surface area contributed by atoms with E-state index in [0.29, 0.717) is 30.3 Å². The number of hydrogen-bond donors (Lipinski definition) is 1. The molecule has 1 fully saturated rings. The molecule has 0 radical (unpaired) electrons. The van der Waals surface area contributed by atoms with E-state index in [2.05, 4.69) is 18.8 Å². The van der Waals surface area contributed by atoms with Crippen LogP contribution < -0.4 is 5.56 Å². The Bertz CT molecular complexity index is 952. The summed E-state index contributed by atoms with van der Waals surface area (Å²) < 4.78 is 2.01. The van der Waals surface area contributed by atoms with Crippen LogP contribution in [0.5, 0.6) is 0 Å². The van der Waals surface area contributed by atoms with E-state index < -0.39 is 0 Å². The van der Waals surface area contributed by atoms with E-state index in [1.165, 1.54) is 0 Å². The van der Waals surface area contributed by atoms with Gasteiger partial charge in [0.2, 0.25) is 0 Å². The van der Waals surface area contributed by atoms with Crippen LogP contribution in [0.1, 0.15) is 66.8 Å². The second kappa shape index (κ2) is 8.11. The van der Waals surface area contributed by atoms with Gasteiger partial charge in [0.15, 0.2) is 0 Å². The Morgan fingerprint density at radius 1 is 1.28 bits per heavy atom. The molecule has 6 nitrogen and oxygen atoms in total. The number of piperidine rings is 1. The van der Waals surface area contributed by atoms with E-state index in [-0.39, 0.29) is 36.0 Å². The van der Waals surface area contributed by atoms with Gasteiger partial charge in [0.25, 0.3) is 11.5 Å². The molecule has 4 rings (SSSR count). The van der Waals surface area contributed by atoms with Crippen molar-refractivity contribution in [2.75, 3.05) is 13.1 Å². The summed E-state index contributed by atoms with van der Waals surface area (Å²) in [6, 6.07) is 9.04. The maximum absolute atomic E-state index is 13.2. The minimum atomic E-state index is -0.110. The molecule has 154 valence electrons. The van der Waals surface area contributed by atoms with Crippen molar-refractivity contribution >= 4 is 5.91 Å². The normalized spacial score (nSPS) is 23.2. The van der Waals surface area contributed by atoms with Crippen molar-refractivity contribution in [1.82, 2.24) is 14.5 Å². The van der Waals surface area contributed by atoms with Crippen LogP contribution in [-0.4, -0.2) is 38.6 Å². The zero-order chi connectivity index (χ0) is 20.5. The van der Waals surface area contributed by atoms with E-state index in [9.17, 15) is 14.7 Å². The molecule has 6 heteroatoms. The molecule has 2 aromatic rings. The summed E-state index contributed by atoms with van der Waals surface area (Å²) >= 11 is 0. The molecular weight excluding hydrogens is 366 g/mol. The van der Waals surface area contributed by atoms with Crippen LogP contribution in [-0.2, 0) is 6.61 Å². The lowest BCUT2D eigenvalue weighted by molar-refractivity contribution is 0.0508. The van der Waals surface area contributed by atoms with Crippen LogP contribution in [0, 0.1) is 11.8 Å². The largest absolute Gasteiger partial charge is 0.392 e. The minimum absolute atomic E-state index is 0.0723. The van der Waals surface area contributed by atoms with Crippen molar-refractivity contribution in [2.24, 2.45) is 11.8 Å². The Hall–Kier alpha value is -2.47. The van der Waals surface area contributed by atoms with Crippen molar-refractivity contribution < 1.29 is 9.90 Å². The van der Waals surface area contributed by atoms with Gasteiger partial charge in [0, 0.05) is 43.0 Å². The Kier molecular flexibility index (Phi) is 5.54. The van der Waals surface area contributed by atoms with Crippen molar-refractivity contribution in [3.63, 3.8) is 0 Å². The number of aromatic nitrogens is 2. The molecule has 2 aliphatic rings. The highest BCUT2D eigenvalue weighted by Crippen LogP contribution is 2.43. The van der Waals surface area contributed by atoms with Gasteiger partial charge in [0.05, 0.1) is 6.61 Å². The average molecular weight is 396 g/mol. The number of rotatable bonds is 5. The molecule has 0 spiro atoms.